The Labute approximate surface area is 120 Å². The predicted molar refractivity (Wildman–Crippen MR) is 74.1 cm³/mol. The van der Waals surface area contributed by atoms with Gasteiger partial charge in [0.15, 0.2) is 11.5 Å². The summed E-state index contributed by atoms with van der Waals surface area (Å²) in [4.78, 5) is 17.6. The van der Waals surface area contributed by atoms with Gasteiger partial charge in [0.25, 0.3) is 0 Å². The molecule has 0 saturated carbocycles. The fourth-order valence-corrected chi connectivity index (χ4v) is 3.41. The van der Waals surface area contributed by atoms with Crippen LogP contribution in [0, 0.1) is 12.8 Å². The van der Waals surface area contributed by atoms with E-state index in [9.17, 15) is 17.1 Å². The molecule has 1 aromatic heterocycles. The average Bonchev–Trinajstić information content (AvgIpc) is 2.88. The van der Waals surface area contributed by atoms with E-state index >= 15 is 0 Å². The molecule has 1 fully saturated rings. The minimum atomic E-state index is -4.58. The number of oxazole rings is 1. The van der Waals surface area contributed by atoms with E-state index in [1.165, 1.54) is 4.90 Å². The van der Waals surface area contributed by atoms with Crippen LogP contribution in [0.4, 0.5) is 9.57 Å². The van der Waals surface area contributed by atoms with E-state index in [2.05, 4.69) is 4.98 Å². The Morgan fingerprint density at radius 1 is 1.48 bits per heavy atom. The van der Waals surface area contributed by atoms with Crippen molar-refractivity contribution < 1.29 is 21.5 Å². The van der Waals surface area contributed by atoms with Crippen molar-refractivity contribution in [3.05, 3.63) is 24.1 Å². The van der Waals surface area contributed by atoms with E-state index in [4.69, 9.17) is 4.42 Å². The Morgan fingerprint density at radius 3 is 2.95 bits per heavy atom. The quantitative estimate of drug-likeness (QED) is 0.807. The summed E-state index contributed by atoms with van der Waals surface area (Å²) in [7, 11) is -4.58. The Kier molecular flexibility index (Phi) is 3.20. The molecule has 1 saturated heterocycles. The van der Waals surface area contributed by atoms with Crippen LogP contribution in [0.5, 0.6) is 0 Å². The molecule has 0 N–H and O–H groups in total. The number of hydrogen-bond donors (Lipinski definition) is 0. The third-order valence-electron chi connectivity index (χ3n) is 3.43. The lowest BCUT2D eigenvalue weighted by molar-refractivity contribution is -0.117. The van der Waals surface area contributed by atoms with Gasteiger partial charge in [0.05, 0.1) is 5.75 Å². The number of benzene rings is 1. The Balaban J connectivity index is 1.86. The number of halogens is 1. The first-order valence-corrected chi connectivity index (χ1v) is 7.97. The number of rotatable bonds is 3. The molecule has 8 heteroatoms. The fourth-order valence-electron chi connectivity index (χ4n) is 2.62. The van der Waals surface area contributed by atoms with Crippen molar-refractivity contribution in [1.82, 2.24) is 4.98 Å². The maximum atomic E-state index is 12.7. The number of aryl methyl sites for hydroxylation is 1. The van der Waals surface area contributed by atoms with Gasteiger partial charge in [-0.3, -0.25) is 4.79 Å². The molecule has 0 spiro atoms. The average molecular weight is 312 g/mol. The molecule has 2 heterocycles. The van der Waals surface area contributed by atoms with E-state index in [1.54, 1.807) is 25.1 Å². The normalized spacial score (nSPS) is 19.6. The molecule has 0 radical (unpaired) electrons. The highest BCUT2D eigenvalue weighted by atomic mass is 32.3. The van der Waals surface area contributed by atoms with Crippen LogP contribution in [0.3, 0.4) is 0 Å². The first-order valence-electron chi connectivity index (χ1n) is 6.42. The molecular weight excluding hydrogens is 299 g/mol. The number of carbonyl (C=O) groups excluding carboxylic acids is 1. The molecule has 112 valence electrons. The summed E-state index contributed by atoms with van der Waals surface area (Å²) in [5, 5.41) is 0. The molecule has 6 nitrogen and oxygen atoms in total. The summed E-state index contributed by atoms with van der Waals surface area (Å²) < 4.78 is 39.5. The zero-order valence-corrected chi connectivity index (χ0v) is 12.1. The van der Waals surface area contributed by atoms with Crippen LogP contribution in [-0.2, 0) is 15.0 Å². The molecule has 1 atom stereocenters. The molecule has 2 aromatic rings. The lowest BCUT2D eigenvalue weighted by atomic mass is 10.1. The highest BCUT2D eigenvalue weighted by molar-refractivity contribution is 7.86. The van der Waals surface area contributed by atoms with Gasteiger partial charge in [0, 0.05) is 37.6 Å². The number of aromatic nitrogens is 1. The van der Waals surface area contributed by atoms with Crippen molar-refractivity contribution >= 4 is 32.9 Å². The lowest BCUT2D eigenvalue weighted by Crippen LogP contribution is -2.25. The van der Waals surface area contributed by atoms with Crippen LogP contribution in [0.2, 0.25) is 0 Å². The maximum Gasteiger partial charge on any atom is 0.302 e. The van der Waals surface area contributed by atoms with Crippen molar-refractivity contribution in [1.29, 1.82) is 0 Å². The summed E-state index contributed by atoms with van der Waals surface area (Å²) in [6.45, 7) is 1.91. The largest absolute Gasteiger partial charge is 0.441 e. The second-order valence-electron chi connectivity index (χ2n) is 5.16. The fraction of sp³-hybridized carbons (Fsp3) is 0.385. The third kappa shape index (κ3) is 2.90. The maximum absolute atomic E-state index is 12.7. The summed E-state index contributed by atoms with van der Waals surface area (Å²) in [5.74, 6) is -0.853. The number of carbonyl (C=O) groups is 1. The van der Waals surface area contributed by atoms with E-state index in [1.807, 2.05) is 0 Å². The summed E-state index contributed by atoms with van der Waals surface area (Å²) >= 11 is 0. The molecule has 3 rings (SSSR count). The van der Waals surface area contributed by atoms with Crippen molar-refractivity contribution in [2.45, 2.75) is 13.3 Å². The van der Waals surface area contributed by atoms with Crippen molar-refractivity contribution in [2.24, 2.45) is 5.92 Å². The molecule has 21 heavy (non-hydrogen) atoms. The summed E-state index contributed by atoms with van der Waals surface area (Å²) in [5.41, 5.74) is 1.84. The number of anilines is 1. The molecule has 1 aliphatic heterocycles. The minimum absolute atomic E-state index is 0.0244. The second-order valence-corrected chi connectivity index (χ2v) is 6.58. The molecule has 1 aliphatic rings. The van der Waals surface area contributed by atoms with Crippen LogP contribution in [0.15, 0.2) is 22.6 Å². The monoisotopic (exact) mass is 312 g/mol. The minimum Gasteiger partial charge on any atom is -0.441 e. The molecule has 1 amide bonds. The van der Waals surface area contributed by atoms with Gasteiger partial charge in [-0.1, -0.05) is 0 Å². The van der Waals surface area contributed by atoms with E-state index in [-0.39, 0.29) is 18.9 Å². The van der Waals surface area contributed by atoms with Crippen LogP contribution < -0.4 is 4.90 Å². The topological polar surface area (TPSA) is 80.5 Å². The highest BCUT2D eigenvalue weighted by Gasteiger charge is 2.33. The van der Waals surface area contributed by atoms with Gasteiger partial charge in [-0.15, -0.1) is 3.89 Å². The van der Waals surface area contributed by atoms with Gasteiger partial charge < -0.3 is 9.32 Å². The molecule has 0 aliphatic carbocycles. The number of hydrogen-bond acceptors (Lipinski definition) is 5. The van der Waals surface area contributed by atoms with Gasteiger partial charge >= 0.3 is 10.2 Å². The molecule has 0 bridgehead atoms. The molecular formula is C13H13FN2O4S. The van der Waals surface area contributed by atoms with E-state index < -0.39 is 21.9 Å². The Bertz CT molecular complexity index is 815. The third-order valence-corrected chi connectivity index (χ3v) is 4.30. The standard InChI is InChI=1S/C13H13FN2O4S/c1-8-15-11-3-2-10(5-12(11)20-8)16-6-9(4-13(16)17)7-21(14,18)19/h2-3,5,9H,4,6-7H2,1H3. The molecule has 1 unspecified atom stereocenters. The van der Waals surface area contributed by atoms with E-state index in [0.29, 0.717) is 22.7 Å². The SMILES string of the molecule is Cc1nc2ccc(N3CC(CS(=O)(=O)F)CC3=O)cc2o1. The Morgan fingerprint density at radius 2 is 2.24 bits per heavy atom. The van der Waals surface area contributed by atoms with Gasteiger partial charge in [-0.25, -0.2) is 4.98 Å². The lowest BCUT2D eigenvalue weighted by Gasteiger charge is -2.16. The van der Waals surface area contributed by atoms with Crippen molar-refractivity contribution in [3.8, 4) is 0 Å². The zero-order chi connectivity index (χ0) is 15.2. The van der Waals surface area contributed by atoms with Gasteiger partial charge in [-0.05, 0) is 12.1 Å². The van der Waals surface area contributed by atoms with Gasteiger partial charge in [0.2, 0.25) is 5.91 Å². The summed E-state index contributed by atoms with van der Waals surface area (Å²) in [6.07, 6.45) is 0.0244. The van der Waals surface area contributed by atoms with Crippen molar-refractivity contribution in [3.63, 3.8) is 0 Å². The first kappa shape index (κ1) is 14.0. The Hall–Kier alpha value is -1.96. The number of fused-ring (bicyclic) bond motifs is 1. The van der Waals surface area contributed by atoms with E-state index in [0.717, 1.165) is 0 Å². The van der Waals surface area contributed by atoms with Crippen LogP contribution in [-0.4, -0.2) is 31.6 Å². The van der Waals surface area contributed by atoms with Crippen LogP contribution >= 0.6 is 0 Å². The number of amides is 1. The second kappa shape index (κ2) is 4.80. The number of nitrogens with zero attached hydrogens (tertiary/aromatic N) is 2. The van der Waals surface area contributed by atoms with Crippen molar-refractivity contribution in [2.75, 3.05) is 17.2 Å². The zero-order valence-electron chi connectivity index (χ0n) is 11.2. The van der Waals surface area contributed by atoms with Crippen LogP contribution in [0.25, 0.3) is 11.1 Å². The first-order chi connectivity index (χ1) is 9.82. The van der Waals surface area contributed by atoms with Gasteiger partial charge in [0.1, 0.15) is 5.52 Å². The highest BCUT2D eigenvalue weighted by Crippen LogP contribution is 2.29. The van der Waals surface area contributed by atoms with Crippen LogP contribution in [0.1, 0.15) is 12.3 Å². The predicted octanol–water partition coefficient (Wildman–Crippen LogP) is 1.79. The smallest absolute Gasteiger partial charge is 0.302 e. The molecule has 1 aromatic carbocycles. The van der Waals surface area contributed by atoms with Gasteiger partial charge in [-0.2, -0.15) is 8.42 Å². The summed E-state index contributed by atoms with van der Waals surface area (Å²) in [6, 6.07) is 5.13.